The van der Waals surface area contributed by atoms with Gasteiger partial charge in [0.2, 0.25) is 0 Å². The Bertz CT molecular complexity index is 390. The van der Waals surface area contributed by atoms with Gasteiger partial charge in [-0.15, -0.1) is 0 Å². The summed E-state index contributed by atoms with van der Waals surface area (Å²) in [5.41, 5.74) is 4.09. The fourth-order valence-corrected chi connectivity index (χ4v) is 2.84. The smallest absolute Gasteiger partial charge is 0.142 e. The quantitative estimate of drug-likeness (QED) is 0.876. The summed E-state index contributed by atoms with van der Waals surface area (Å²) in [6, 6.07) is 2.08. The van der Waals surface area contributed by atoms with Crippen LogP contribution < -0.4 is 10.1 Å². The van der Waals surface area contributed by atoms with Gasteiger partial charge in [0, 0.05) is 12.1 Å². The molecule has 0 heterocycles. The van der Waals surface area contributed by atoms with Crippen molar-refractivity contribution in [2.45, 2.75) is 32.2 Å². The fourth-order valence-electron chi connectivity index (χ4n) is 2.52. The lowest BCUT2D eigenvalue weighted by Gasteiger charge is -2.22. The number of rotatable bonds is 3. The van der Waals surface area contributed by atoms with Crippen LogP contribution in [0.5, 0.6) is 5.75 Å². The Kier molecular flexibility index (Phi) is 3.72. The van der Waals surface area contributed by atoms with Gasteiger partial charge in [0.25, 0.3) is 0 Å². The van der Waals surface area contributed by atoms with Crippen molar-refractivity contribution < 1.29 is 4.74 Å². The van der Waals surface area contributed by atoms with E-state index in [4.69, 9.17) is 16.3 Å². The zero-order valence-corrected chi connectivity index (χ0v) is 10.7. The number of benzene rings is 1. The van der Waals surface area contributed by atoms with Gasteiger partial charge < -0.3 is 10.1 Å². The van der Waals surface area contributed by atoms with Crippen LogP contribution in [0.3, 0.4) is 0 Å². The number of fused-ring (bicyclic) bond motifs is 1. The van der Waals surface area contributed by atoms with Crippen LogP contribution in [0.2, 0.25) is 5.02 Å². The molecule has 0 aliphatic heterocycles. The van der Waals surface area contributed by atoms with E-state index in [0.717, 1.165) is 30.2 Å². The number of ether oxygens (including phenoxy) is 1. The Hall–Kier alpha value is -0.730. The molecule has 0 fully saturated rings. The van der Waals surface area contributed by atoms with E-state index < -0.39 is 0 Å². The highest BCUT2D eigenvalue weighted by Crippen LogP contribution is 2.37. The Labute approximate surface area is 102 Å². The van der Waals surface area contributed by atoms with E-state index >= 15 is 0 Å². The van der Waals surface area contributed by atoms with E-state index in [0.29, 0.717) is 0 Å². The highest BCUT2D eigenvalue weighted by molar-refractivity contribution is 6.32. The van der Waals surface area contributed by atoms with E-state index in [1.54, 1.807) is 7.11 Å². The van der Waals surface area contributed by atoms with Crippen LogP contribution in [-0.2, 0) is 19.4 Å². The van der Waals surface area contributed by atoms with Crippen LogP contribution in [0, 0.1) is 0 Å². The molecule has 1 N–H and O–H groups in total. The van der Waals surface area contributed by atoms with E-state index in [1.807, 2.05) is 7.05 Å². The number of methoxy groups -OCH3 is 1. The van der Waals surface area contributed by atoms with E-state index in [-0.39, 0.29) is 0 Å². The van der Waals surface area contributed by atoms with Crippen molar-refractivity contribution in [2.75, 3.05) is 14.2 Å². The second-order valence-electron chi connectivity index (χ2n) is 4.25. The summed E-state index contributed by atoms with van der Waals surface area (Å²) in [5, 5.41) is 3.94. The average Bonchev–Trinajstić information content (AvgIpc) is 2.29. The lowest BCUT2D eigenvalue weighted by atomic mass is 9.87. The van der Waals surface area contributed by atoms with Crippen LogP contribution in [0.1, 0.15) is 29.5 Å². The van der Waals surface area contributed by atoms with Gasteiger partial charge in [-0.3, -0.25) is 0 Å². The molecule has 0 radical (unpaired) electrons. The van der Waals surface area contributed by atoms with Crippen LogP contribution in [0.4, 0.5) is 0 Å². The summed E-state index contributed by atoms with van der Waals surface area (Å²) in [6.07, 6.45) is 4.85. The van der Waals surface area contributed by atoms with E-state index in [9.17, 15) is 0 Å². The summed E-state index contributed by atoms with van der Waals surface area (Å²) in [5.74, 6) is 0.844. The van der Waals surface area contributed by atoms with Crippen molar-refractivity contribution in [2.24, 2.45) is 0 Å². The largest absolute Gasteiger partial charge is 0.495 e. The highest BCUT2D eigenvalue weighted by Gasteiger charge is 2.19. The van der Waals surface area contributed by atoms with Gasteiger partial charge in [-0.25, -0.2) is 0 Å². The highest BCUT2D eigenvalue weighted by atomic mass is 35.5. The second kappa shape index (κ2) is 5.07. The van der Waals surface area contributed by atoms with Gasteiger partial charge in [0.15, 0.2) is 0 Å². The minimum absolute atomic E-state index is 0.744. The van der Waals surface area contributed by atoms with Crippen molar-refractivity contribution in [1.29, 1.82) is 0 Å². The molecule has 1 aliphatic carbocycles. The van der Waals surface area contributed by atoms with E-state index in [2.05, 4.69) is 11.4 Å². The number of hydrogen-bond acceptors (Lipinski definition) is 2. The van der Waals surface area contributed by atoms with Crippen molar-refractivity contribution in [3.8, 4) is 5.75 Å². The molecule has 88 valence electrons. The summed E-state index contributed by atoms with van der Waals surface area (Å²) in [6.45, 7) is 0.825. The van der Waals surface area contributed by atoms with Gasteiger partial charge >= 0.3 is 0 Å². The minimum Gasteiger partial charge on any atom is -0.495 e. The summed E-state index contributed by atoms with van der Waals surface area (Å²) in [4.78, 5) is 0. The maximum Gasteiger partial charge on any atom is 0.142 e. The normalized spacial score (nSPS) is 14.7. The molecule has 2 nitrogen and oxygen atoms in total. The molecule has 0 saturated carbocycles. The molecular formula is C13H18ClNO. The minimum atomic E-state index is 0.744. The Morgan fingerprint density at radius 1 is 1.38 bits per heavy atom. The molecular weight excluding hydrogens is 222 g/mol. The van der Waals surface area contributed by atoms with E-state index in [1.165, 1.54) is 29.5 Å². The number of aryl methyl sites for hydroxylation is 1. The topological polar surface area (TPSA) is 21.3 Å². The zero-order valence-electron chi connectivity index (χ0n) is 9.90. The van der Waals surface area contributed by atoms with Crippen molar-refractivity contribution >= 4 is 11.6 Å². The molecule has 0 amide bonds. The predicted octanol–water partition coefficient (Wildman–Crippen LogP) is 2.95. The summed E-state index contributed by atoms with van der Waals surface area (Å²) < 4.78 is 5.42. The predicted molar refractivity (Wildman–Crippen MR) is 67.4 cm³/mol. The Morgan fingerprint density at radius 2 is 2.12 bits per heavy atom. The molecule has 1 aromatic rings. The zero-order chi connectivity index (χ0) is 11.5. The number of halogens is 1. The van der Waals surface area contributed by atoms with Gasteiger partial charge in [0.05, 0.1) is 12.1 Å². The molecule has 1 aromatic carbocycles. The van der Waals surface area contributed by atoms with Gasteiger partial charge in [-0.1, -0.05) is 11.6 Å². The van der Waals surface area contributed by atoms with Gasteiger partial charge in [0.1, 0.15) is 5.75 Å². The third-order valence-corrected chi connectivity index (χ3v) is 3.51. The van der Waals surface area contributed by atoms with Crippen LogP contribution >= 0.6 is 11.6 Å². The molecule has 0 spiro atoms. The molecule has 1 aliphatic rings. The molecule has 0 atom stereocenters. The van der Waals surface area contributed by atoms with Gasteiger partial charge in [-0.2, -0.15) is 0 Å². The first-order valence-electron chi connectivity index (χ1n) is 5.79. The van der Waals surface area contributed by atoms with Crippen molar-refractivity contribution in [1.82, 2.24) is 5.32 Å². The monoisotopic (exact) mass is 239 g/mol. The summed E-state index contributed by atoms with van der Waals surface area (Å²) >= 11 is 6.25. The first kappa shape index (κ1) is 11.7. The molecule has 3 heteroatoms. The summed E-state index contributed by atoms with van der Waals surface area (Å²) in [7, 11) is 3.64. The molecule has 0 aromatic heterocycles. The maximum atomic E-state index is 6.25. The SMILES string of the molecule is CNCc1c2c(cc(Cl)c1OC)CCCC2. The van der Waals surface area contributed by atoms with Crippen molar-refractivity contribution in [3.05, 3.63) is 27.8 Å². The Balaban J connectivity index is 2.54. The third kappa shape index (κ3) is 2.04. The maximum absolute atomic E-state index is 6.25. The molecule has 0 unspecified atom stereocenters. The van der Waals surface area contributed by atoms with Crippen molar-refractivity contribution in [3.63, 3.8) is 0 Å². The lowest BCUT2D eigenvalue weighted by Crippen LogP contribution is -2.14. The average molecular weight is 240 g/mol. The molecule has 16 heavy (non-hydrogen) atoms. The van der Waals surface area contributed by atoms with Gasteiger partial charge in [-0.05, 0) is 49.9 Å². The first-order valence-corrected chi connectivity index (χ1v) is 6.17. The first-order chi connectivity index (χ1) is 7.77. The molecule has 0 bridgehead atoms. The van der Waals surface area contributed by atoms with Crippen LogP contribution in [-0.4, -0.2) is 14.2 Å². The lowest BCUT2D eigenvalue weighted by molar-refractivity contribution is 0.407. The second-order valence-corrected chi connectivity index (χ2v) is 4.65. The number of nitrogens with one attached hydrogen (secondary N) is 1. The molecule has 0 saturated heterocycles. The standard InChI is InChI=1S/C13H18ClNO/c1-15-8-11-10-6-4-3-5-9(10)7-12(14)13(11)16-2/h7,15H,3-6,8H2,1-2H3. The number of hydrogen-bond donors (Lipinski definition) is 1. The van der Waals surface area contributed by atoms with Crippen LogP contribution in [0.15, 0.2) is 6.07 Å². The third-order valence-electron chi connectivity index (χ3n) is 3.22. The fraction of sp³-hybridized carbons (Fsp3) is 0.538. The van der Waals surface area contributed by atoms with Crippen LogP contribution in [0.25, 0.3) is 0 Å². The Morgan fingerprint density at radius 3 is 2.81 bits per heavy atom. The molecule has 2 rings (SSSR count).